The van der Waals surface area contributed by atoms with Crippen LogP contribution < -0.4 is 0 Å². The number of hydrogen-bond donors (Lipinski definition) is 0. The number of halogens is 3. The summed E-state index contributed by atoms with van der Waals surface area (Å²) in [6, 6.07) is 5.31. The van der Waals surface area contributed by atoms with E-state index in [0.717, 1.165) is 31.2 Å². The maximum Gasteiger partial charge on any atom is 0.416 e. The van der Waals surface area contributed by atoms with Gasteiger partial charge in [-0.15, -0.1) is 0 Å². The summed E-state index contributed by atoms with van der Waals surface area (Å²) in [7, 11) is 4.09. The lowest BCUT2D eigenvalue weighted by atomic mass is 9.80. The maximum atomic E-state index is 13.0. The van der Waals surface area contributed by atoms with Crippen molar-refractivity contribution in [1.29, 1.82) is 0 Å². The maximum absolute atomic E-state index is 13.0. The molecule has 2 rings (SSSR count). The van der Waals surface area contributed by atoms with Crippen LogP contribution in [0.4, 0.5) is 13.2 Å². The van der Waals surface area contributed by atoms with Crippen molar-refractivity contribution in [2.45, 2.75) is 50.7 Å². The second kappa shape index (κ2) is 5.76. The molecule has 2 atom stereocenters. The Bertz CT molecular complexity index is 465. The van der Waals surface area contributed by atoms with Gasteiger partial charge in [-0.3, -0.25) is 0 Å². The van der Waals surface area contributed by atoms with Crippen molar-refractivity contribution in [2.24, 2.45) is 0 Å². The smallest absolute Gasteiger partial charge is 0.306 e. The van der Waals surface area contributed by atoms with E-state index in [1.165, 1.54) is 13.0 Å². The summed E-state index contributed by atoms with van der Waals surface area (Å²) in [6.07, 6.45) is -0.0853. The zero-order valence-corrected chi connectivity index (χ0v) is 12.3. The monoisotopic (exact) mass is 285 g/mol. The Hall–Kier alpha value is -1.03. The first-order valence-electron chi connectivity index (χ1n) is 7.13. The second-order valence-electron chi connectivity index (χ2n) is 6.05. The quantitative estimate of drug-likeness (QED) is 0.767. The van der Waals surface area contributed by atoms with Gasteiger partial charge in [0.05, 0.1) is 5.56 Å². The standard InChI is InChI=1S/C16H22F3N/c1-11-7-8-13(10-15(11)16(17,18)19)12-5-4-6-14(9-12)20(2)3/h7-8,10,12,14H,4-6,9H2,1-3H3. The Morgan fingerprint density at radius 1 is 1.15 bits per heavy atom. The summed E-state index contributed by atoms with van der Waals surface area (Å²) in [5.41, 5.74) is 0.665. The molecule has 1 aromatic rings. The van der Waals surface area contributed by atoms with Crippen molar-refractivity contribution < 1.29 is 13.2 Å². The summed E-state index contributed by atoms with van der Waals surface area (Å²) in [6.45, 7) is 1.52. The van der Waals surface area contributed by atoms with Gasteiger partial charge in [-0.25, -0.2) is 0 Å². The highest BCUT2D eigenvalue weighted by Crippen LogP contribution is 2.38. The van der Waals surface area contributed by atoms with Gasteiger partial charge >= 0.3 is 6.18 Å². The minimum absolute atomic E-state index is 0.248. The molecule has 1 saturated carbocycles. The Kier molecular flexibility index (Phi) is 4.43. The van der Waals surface area contributed by atoms with E-state index in [1.807, 2.05) is 20.2 Å². The molecule has 4 heteroatoms. The molecule has 0 aliphatic heterocycles. The molecule has 1 nitrogen and oxygen atoms in total. The molecule has 2 unspecified atom stereocenters. The molecule has 1 aromatic carbocycles. The summed E-state index contributed by atoms with van der Waals surface area (Å²) >= 11 is 0. The Balaban J connectivity index is 2.25. The molecular weight excluding hydrogens is 263 g/mol. The zero-order valence-electron chi connectivity index (χ0n) is 12.3. The molecule has 1 fully saturated rings. The highest BCUT2D eigenvalue weighted by molar-refractivity contribution is 5.35. The first-order chi connectivity index (χ1) is 9.29. The second-order valence-corrected chi connectivity index (χ2v) is 6.05. The molecule has 1 aliphatic rings. The minimum Gasteiger partial charge on any atom is -0.306 e. The number of benzene rings is 1. The largest absolute Gasteiger partial charge is 0.416 e. The van der Waals surface area contributed by atoms with Gasteiger partial charge in [0.2, 0.25) is 0 Å². The molecule has 0 amide bonds. The van der Waals surface area contributed by atoms with Crippen molar-refractivity contribution in [2.75, 3.05) is 14.1 Å². The van der Waals surface area contributed by atoms with Crippen molar-refractivity contribution in [3.05, 3.63) is 34.9 Å². The van der Waals surface area contributed by atoms with Gasteiger partial charge < -0.3 is 4.90 Å². The van der Waals surface area contributed by atoms with E-state index in [4.69, 9.17) is 0 Å². The van der Waals surface area contributed by atoms with E-state index < -0.39 is 11.7 Å². The molecular formula is C16H22F3N. The van der Waals surface area contributed by atoms with Crippen LogP contribution in [0.2, 0.25) is 0 Å². The third-order valence-corrected chi connectivity index (χ3v) is 4.42. The first-order valence-corrected chi connectivity index (χ1v) is 7.13. The van der Waals surface area contributed by atoms with Crippen molar-refractivity contribution in [3.8, 4) is 0 Å². The molecule has 0 heterocycles. The lowest BCUT2D eigenvalue weighted by Gasteiger charge is -2.34. The van der Waals surface area contributed by atoms with Gasteiger partial charge in [-0.1, -0.05) is 18.6 Å². The lowest BCUT2D eigenvalue weighted by Crippen LogP contribution is -2.32. The predicted octanol–water partition coefficient (Wildman–Crippen LogP) is 4.60. The summed E-state index contributed by atoms with van der Waals surface area (Å²) in [4.78, 5) is 2.19. The van der Waals surface area contributed by atoms with Crippen LogP contribution in [0.5, 0.6) is 0 Å². The number of rotatable bonds is 2. The van der Waals surface area contributed by atoms with E-state index in [9.17, 15) is 13.2 Å². The van der Waals surface area contributed by atoms with Crippen molar-refractivity contribution in [3.63, 3.8) is 0 Å². The van der Waals surface area contributed by atoms with Crippen LogP contribution in [-0.2, 0) is 6.18 Å². The predicted molar refractivity (Wildman–Crippen MR) is 74.9 cm³/mol. The fraction of sp³-hybridized carbons (Fsp3) is 0.625. The number of nitrogens with zero attached hydrogens (tertiary/aromatic N) is 1. The van der Waals surface area contributed by atoms with E-state index in [1.54, 1.807) is 6.07 Å². The van der Waals surface area contributed by atoms with Crippen LogP contribution in [0, 0.1) is 6.92 Å². The molecule has 112 valence electrons. The summed E-state index contributed by atoms with van der Waals surface area (Å²) in [5.74, 6) is 0.248. The third-order valence-electron chi connectivity index (χ3n) is 4.42. The van der Waals surface area contributed by atoms with Crippen LogP contribution in [0.1, 0.15) is 48.3 Å². The molecule has 0 spiro atoms. The van der Waals surface area contributed by atoms with E-state index >= 15 is 0 Å². The first kappa shape index (κ1) is 15.4. The molecule has 0 aromatic heterocycles. The van der Waals surface area contributed by atoms with Crippen LogP contribution >= 0.6 is 0 Å². The highest BCUT2D eigenvalue weighted by Gasteiger charge is 2.33. The van der Waals surface area contributed by atoms with E-state index in [2.05, 4.69) is 4.90 Å². The third kappa shape index (κ3) is 3.35. The Morgan fingerprint density at radius 2 is 1.85 bits per heavy atom. The van der Waals surface area contributed by atoms with Gasteiger partial charge in [-0.05, 0) is 63.4 Å². The van der Waals surface area contributed by atoms with Gasteiger partial charge in [0.25, 0.3) is 0 Å². The van der Waals surface area contributed by atoms with Crippen molar-refractivity contribution in [1.82, 2.24) is 4.90 Å². The van der Waals surface area contributed by atoms with Crippen LogP contribution in [-0.4, -0.2) is 25.0 Å². The summed E-state index contributed by atoms with van der Waals surface area (Å²) in [5, 5.41) is 0. The van der Waals surface area contributed by atoms with Gasteiger partial charge in [0.1, 0.15) is 0 Å². The normalized spacial score (nSPS) is 24.1. The topological polar surface area (TPSA) is 3.24 Å². The number of hydrogen-bond acceptors (Lipinski definition) is 1. The molecule has 0 bridgehead atoms. The molecule has 0 radical (unpaired) electrons. The van der Waals surface area contributed by atoms with E-state index in [0.29, 0.717) is 11.6 Å². The average molecular weight is 285 g/mol. The molecule has 1 aliphatic carbocycles. The summed E-state index contributed by atoms with van der Waals surface area (Å²) < 4.78 is 39.0. The van der Waals surface area contributed by atoms with Gasteiger partial charge in [0.15, 0.2) is 0 Å². The van der Waals surface area contributed by atoms with Gasteiger partial charge in [-0.2, -0.15) is 13.2 Å². The Labute approximate surface area is 118 Å². The minimum atomic E-state index is -4.25. The highest BCUT2D eigenvalue weighted by atomic mass is 19.4. The van der Waals surface area contributed by atoms with E-state index in [-0.39, 0.29) is 5.92 Å². The van der Waals surface area contributed by atoms with Crippen LogP contribution in [0.15, 0.2) is 18.2 Å². The fourth-order valence-corrected chi connectivity index (χ4v) is 3.13. The van der Waals surface area contributed by atoms with Crippen LogP contribution in [0.3, 0.4) is 0 Å². The lowest BCUT2D eigenvalue weighted by molar-refractivity contribution is -0.138. The number of alkyl halides is 3. The Morgan fingerprint density at radius 3 is 2.45 bits per heavy atom. The SMILES string of the molecule is Cc1ccc(C2CCCC(N(C)C)C2)cc1C(F)(F)F. The number of aryl methyl sites for hydroxylation is 1. The van der Waals surface area contributed by atoms with Crippen molar-refractivity contribution >= 4 is 0 Å². The molecule has 0 N–H and O–H groups in total. The molecule has 20 heavy (non-hydrogen) atoms. The zero-order chi connectivity index (χ0) is 14.9. The molecule has 0 saturated heterocycles. The average Bonchev–Trinajstić information content (AvgIpc) is 2.38. The fourth-order valence-electron chi connectivity index (χ4n) is 3.13. The van der Waals surface area contributed by atoms with Gasteiger partial charge in [0, 0.05) is 6.04 Å². The van der Waals surface area contributed by atoms with Crippen LogP contribution in [0.25, 0.3) is 0 Å².